The van der Waals surface area contributed by atoms with Crippen LogP contribution in [0.15, 0.2) is 0 Å². The largest absolute Gasteiger partial charge is 0.480 e. The van der Waals surface area contributed by atoms with Gasteiger partial charge in [-0.25, -0.2) is 14.4 Å². The average Bonchev–Trinajstić information content (AvgIpc) is 3.91. The molecule has 6 saturated heterocycles. The first-order chi connectivity index (χ1) is 30.4. The zero-order valence-electron chi connectivity index (χ0n) is 37.8. The molecule has 4 unspecified atom stereocenters. The third-order valence-electron chi connectivity index (χ3n) is 13.1. The molecular weight excluding hydrogens is 841 g/mol. The van der Waals surface area contributed by atoms with Gasteiger partial charge in [0.05, 0.1) is 0 Å². The zero-order valence-corrected chi connectivity index (χ0v) is 37.8. The third kappa shape index (κ3) is 14.5. The van der Waals surface area contributed by atoms with E-state index >= 15 is 0 Å². The number of carbonyl (C=O) groups excluding carboxylic acids is 4. The monoisotopic (exact) mass is 911 g/mol. The van der Waals surface area contributed by atoms with Gasteiger partial charge in [-0.1, -0.05) is 0 Å². The number of carbonyl (C=O) groups is 8. The highest BCUT2D eigenvalue weighted by molar-refractivity contribution is 5.78. The summed E-state index contributed by atoms with van der Waals surface area (Å²) in [6.07, 6.45) is 0.764. The molecule has 4 atom stereocenters. The smallest absolute Gasteiger partial charge is 0.320 e. The van der Waals surface area contributed by atoms with E-state index in [9.17, 15) is 53.7 Å². The van der Waals surface area contributed by atoms with Crippen LogP contribution in [-0.2, 0) is 24.0 Å². The van der Waals surface area contributed by atoms with Crippen molar-refractivity contribution in [1.82, 2.24) is 59.2 Å². The molecule has 0 radical (unpaired) electrons. The minimum atomic E-state index is -0.919. The van der Waals surface area contributed by atoms with Crippen LogP contribution in [0.25, 0.3) is 0 Å². The zero-order chi connectivity index (χ0) is 47.1. The molecule has 0 aromatic rings. The minimum Gasteiger partial charge on any atom is -0.480 e. The maximum absolute atomic E-state index is 12.3. The Balaban J connectivity index is 0.000000212. The summed E-state index contributed by atoms with van der Waals surface area (Å²) in [5.41, 5.74) is 0. The van der Waals surface area contributed by atoms with Crippen molar-refractivity contribution in [2.75, 3.05) is 157 Å². The number of hydrogen-bond donors (Lipinski definition) is 5. The number of urea groups is 3. The summed E-state index contributed by atoms with van der Waals surface area (Å²) in [5, 5.41) is 40.1. The second-order valence-corrected chi connectivity index (χ2v) is 16.9. The summed E-state index contributed by atoms with van der Waals surface area (Å²) in [4.78, 5) is 112. The Morgan fingerprint density at radius 1 is 0.391 bits per heavy atom. The Hall–Kier alpha value is -5.04. The highest BCUT2D eigenvalue weighted by Gasteiger charge is 2.34. The number of hydrogen-bond acceptors (Lipinski definition) is 13. The second-order valence-electron chi connectivity index (χ2n) is 16.9. The Labute approximate surface area is 374 Å². The lowest BCUT2D eigenvalue weighted by Gasteiger charge is -2.32. The van der Waals surface area contributed by atoms with E-state index in [1.807, 2.05) is 14.7 Å². The van der Waals surface area contributed by atoms with E-state index in [1.54, 1.807) is 66.9 Å². The molecule has 0 saturated carbocycles. The van der Waals surface area contributed by atoms with Crippen LogP contribution in [0.4, 0.5) is 14.4 Å². The molecule has 0 aromatic carbocycles. The summed E-state index contributed by atoms with van der Waals surface area (Å²) in [7, 11) is 0. The van der Waals surface area contributed by atoms with Crippen LogP contribution in [0.5, 0.6) is 0 Å². The maximum atomic E-state index is 12.3. The van der Waals surface area contributed by atoms with Crippen LogP contribution in [0, 0.1) is 0 Å². The van der Waals surface area contributed by atoms with Crippen LogP contribution in [-0.4, -0.2) is 304 Å². The van der Waals surface area contributed by atoms with Gasteiger partial charge in [0, 0.05) is 157 Å². The molecule has 6 heterocycles. The lowest BCUT2D eigenvalue weighted by molar-refractivity contribution is -0.145. The van der Waals surface area contributed by atoms with Crippen molar-refractivity contribution in [3.05, 3.63) is 0 Å². The van der Waals surface area contributed by atoms with Gasteiger partial charge >= 0.3 is 42.0 Å². The van der Waals surface area contributed by atoms with E-state index in [2.05, 4.69) is 5.32 Å². The number of fused-ring (bicyclic) bond motifs is 6. The summed E-state index contributed by atoms with van der Waals surface area (Å²) in [5.74, 6) is -3.55. The molecule has 362 valence electrons. The molecule has 6 rings (SSSR count). The summed E-state index contributed by atoms with van der Waals surface area (Å²) in [6, 6.07) is -2.51. The highest BCUT2D eigenvalue weighted by Crippen LogP contribution is 2.15. The lowest BCUT2D eigenvalue weighted by atomic mass is 10.2. The van der Waals surface area contributed by atoms with E-state index < -0.39 is 48.0 Å². The van der Waals surface area contributed by atoms with Crippen molar-refractivity contribution in [2.45, 2.75) is 51.9 Å². The molecule has 6 aliphatic heterocycles. The number of aliphatic carboxylic acids is 4. The summed E-state index contributed by atoms with van der Waals surface area (Å²) in [6.45, 7) is 20.6. The van der Waals surface area contributed by atoms with Crippen LogP contribution >= 0.6 is 0 Å². The van der Waals surface area contributed by atoms with Crippen LogP contribution in [0.2, 0.25) is 0 Å². The van der Waals surface area contributed by atoms with Crippen molar-refractivity contribution in [1.29, 1.82) is 0 Å². The van der Waals surface area contributed by atoms with Gasteiger partial charge in [-0.15, -0.1) is 0 Å². The molecule has 6 aliphatic rings. The van der Waals surface area contributed by atoms with Gasteiger partial charge in [-0.3, -0.25) is 43.6 Å². The lowest BCUT2D eigenvalue weighted by Crippen LogP contribution is -2.49. The molecule has 0 aliphatic carbocycles. The van der Waals surface area contributed by atoms with Crippen LogP contribution < -0.4 is 5.32 Å². The molecule has 5 N–H and O–H groups in total. The van der Waals surface area contributed by atoms with Crippen molar-refractivity contribution < 1.29 is 58.8 Å². The topological polar surface area (TPSA) is 265 Å². The molecule has 6 fully saturated rings. The normalized spacial score (nSPS) is 23.6. The van der Waals surface area contributed by atoms with E-state index in [1.165, 1.54) is 0 Å². The Morgan fingerprint density at radius 2 is 0.609 bits per heavy atom. The van der Waals surface area contributed by atoms with Gasteiger partial charge in [0.2, 0.25) is 6.41 Å². The van der Waals surface area contributed by atoms with Crippen LogP contribution in [0.1, 0.15) is 27.7 Å². The molecule has 24 nitrogen and oxygen atoms in total. The van der Waals surface area contributed by atoms with E-state index in [0.29, 0.717) is 124 Å². The fourth-order valence-corrected chi connectivity index (χ4v) is 8.30. The second kappa shape index (κ2) is 24.9. The van der Waals surface area contributed by atoms with Gasteiger partial charge in [-0.2, -0.15) is 0 Å². The van der Waals surface area contributed by atoms with E-state index in [0.717, 1.165) is 39.1 Å². The fraction of sp³-hybridized carbons (Fsp3) is 0.800. The number of amides is 7. The average molecular weight is 911 g/mol. The molecule has 0 aromatic heterocycles. The van der Waals surface area contributed by atoms with E-state index in [-0.39, 0.29) is 18.1 Å². The summed E-state index contributed by atoms with van der Waals surface area (Å²) >= 11 is 0. The predicted octanol–water partition coefficient (Wildman–Crippen LogP) is -2.64. The minimum absolute atomic E-state index is 0.0225. The quantitative estimate of drug-likeness (QED) is 0.148. The van der Waals surface area contributed by atoms with Gasteiger partial charge in [0.25, 0.3) is 0 Å². The van der Waals surface area contributed by atoms with Gasteiger partial charge in [0.15, 0.2) is 0 Å². The first-order valence-corrected chi connectivity index (χ1v) is 22.3. The highest BCUT2D eigenvalue weighted by atomic mass is 16.4. The van der Waals surface area contributed by atoms with Crippen molar-refractivity contribution in [2.24, 2.45) is 0 Å². The Kier molecular flexibility index (Phi) is 20.0. The Morgan fingerprint density at radius 3 is 0.922 bits per heavy atom. The number of carboxylic acid groups (broad SMARTS) is 4. The van der Waals surface area contributed by atoms with Crippen molar-refractivity contribution in [3.63, 3.8) is 0 Å². The fourth-order valence-electron chi connectivity index (χ4n) is 8.30. The van der Waals surface area contributed by atoms with E-state index in [4.69, 9.17) is 5.11 Å². The molecule has 6 bridgehead atoms. The number of nitrogens with zero attached hydrogens (tertiary/aromatic N) is 11. The Bertz CT molecular complexity index is 1590. The van der Waals surface area contributed by atoms with Gasteiger partial charge < -0.3 is 60.0 Å². The first kappa shape index (κ1) is 51.6. The number of rotatable bonds is 9. The predicted molar refractivity (Wildman–Crippen MR) is 231 cm³/mol. The first-order valence-electron chi connectivity index (χ1n) is 22.3. The van der Waals surface area contributed by atoms with Gasteiger partial charge in [-0.05, 0) is 27.7 Å². The molecule has 24 heteroatoms. The maximum Gasteiger partial charge on any atom is 0.320 e. The van der Waals surface area contributed by atoms with Gasteiger partial charge in [0.1, 0.15) is 24.2 Å². The van der Waals surface area contributed by atoms with Crippen molar-refractivity contribution in [3.8, 4) is 0 Å². The molecule has 0 spiro atoms. The molecule has 7 amide bonds. The standard InChI is InChI=1S/C15H26N4O5.C13H22N4O4.C12H22N4O3/c1-11(13(20)21)16-3-4-17(12(2)14(22)23)6-8-19-10-9-18(7-5-16)15(19)24;1-11(12(19)20)15-4-2-14(10-18)3-5-16-8-9-17(7-6-15)13(16)21;1-10(11(17)18)14-4-2-13-3-5-15-8-9-16(7-6-14)12(15)19/h11-12H,3-10H2,1-2H3,(H,20,21)(H,22,23);10-11H,2-9H2,1H3,(H,19,20);10,13H,2-9H2,1H3,(H,17,18). The molecule has 64 heavy (non-hydrogen) atoms. The third-order valence-corrected chi connectivity index (χ3v) is 13.1. The molecular formula is C40H70N12O12. The van der Waals surface area contributed by atoms with Crippen molar-refractivity contribution >= 4 is 48.4 Å². The summed E-state index contributed by atoms with van der Waals surface area (Å²) < 4.78 is 0. The number of nitrogens with one attached hydrogen (secondary N) is 1. The van der Waals surface area contributed by atoms with Crippen LogP contribution in [0.3, 0.4) is 0 Å². The number of carboxylic acids is 4. The SMILES string of the molecule is CC(C(=O)O)N1CCN(C=O)CCN2CCN(CC1)C2=O.CC(C(=O)O)N1CCN2CCN(CCN(C(C)C(=O)O)CC1)C2=O.CC(C(=O)O)N1CCNCCN2CCN(CC1)C2=O.